The van der Waals surface area contributed by atoms with E-state index in [1.807, 2.05) is 0 Å². The van der Waals surface area contributed by atoms with Gasteiger partial charge in [-0.1, -0.05) is 23.7 Å². The van der Waals surface area contributed by atoms with E-state index in [1.54, 1.807) is 72.7 Å². The highest BCUT2D eigenvalue weighted by Gasteiger charge is 2.18. The summed E-state index contributed by atoms with van der Waals surface area (Å²) in [5, 5.41) is 7.40. The van der Waals surface area contributed by atoms with E-state index >= 15 is 0 Å². The van der Waals surface area contributed by atoms with E-state index in [-0.39, 0.29) is 5.91 Å². The minimum atomic E-state index is -0.726. The van der Waals surface area contributed by atoms with E-state index in [1.165, 1.54) is 0 Å². The van der Waals surface area contributed by atoms with Crippen molar-refractivity contribution in [3.63, 3.8) is 0 Å². The van der Waals surface area contributed by atoms with E-state index in [2.05, 4.69) is 15.4 Å². The first-order valence-electron chi connectivity index (χ1n) is 7.32. The van der Waals surface area contributed by atoms with E-state index in [4.69, 9.17) is 16.3 Å². The van der Waals surface area contributed by atoms with Crippen LogP contribution in [0.4, 0.5) is 5.69 Å². The summed E-state index contributed by atoms with van der Waals surface area (Å²) in [5.41, 5.74) is 0.542. The van der Waals surface area contributed by atoms with Gasteiger partial charge >= 0.3 is 0 Å². The summed E-state index contributed by atoms with van der Waals surface area (Å²) in [7, 11) is 0. The van der Waals surface area contributed by atoms with E-state index < -0.39 is 6.10 Å². The maximum absolute atomic E-state index is 12.4. The standard InChI is InChI=1S/C17H15ClN4O2/c1-12(24-15-8-3-2-6-13(15)18)17(23)21-14-7-4-9-19-16(14)22-11-5-10-20-22/h2-12H,1H3,(H,21,23)/t12-/m0/s1. The van der Waals surface area contributed by atoms with E-state index in [9.17, 15) is 4.79 Å². The van der Waals surface area contributed by atoms with Crippen molar-refractivity contribution >= 4 is 23.2 Å². The van der Waals surface area contributed by atoms with Gasteiger partial charge in [0.15, 0.2) is 11.9 Å². The number of nitrogens with one attached hydrogen (secondary N) is 1. The van der Waals surface area contributed by atoms with Crippen LogP contribution in [0.5, 0.6) is 5.75 Å². The molecule has 122 valence electrons. The highest BCUT2D eigenvalue weighted by Crippen LogP contribution is 2.24. The smallest absolute Gasteiger partial charge is 0.265 e. The van der Waals surface area contributed by atoms with Crippen LogP contribution >= 0.6 is 11.6 Å². The van der Waals surface area contributed by atoms with Crippen LogP contribution in [0.1, 0.15) is 6.92 Å². The third kappa shape index (κ3) is 3.55. The number of carbonyl (C=O) groups excluding carboxylic acids is 1. The Hall–Kier alpha value is -2.86. The normalized spacial score (nSPS) is 11.8. The quantitative estimate of drug-likeness (QED) is 0.772. The number of hydrogen-bond acceptors (Lipinski definition) is 4. The topological polar surface area (TPSA) is 69.0 Å². The molecule has 3 rings (SSSR count). The maximum atomic E-state index is 12.4. The number of pyridine rings is 1. The van der Waals surface area contributed by atoms with Crippen LogP contribution in [0.2, 0.25) is 5.02 Å². The number of benzene rings is 1. The highest BCUT2D eigenvalue weighted by molar-refractivity contribution is 6.32. The molecule has 1 aromatic carbocycles. The molecule has 0 saturated carbocycles. The summed E-state index contributed by atoms with van der Waals surface area (Å²) in [4.78, 5) is 16.7. The molecule has 0 bridgehead atoms. The van der Waals surface area contributed by atoms with Crippen LogP contribution in [0, 0.1) is 0 Å². The second-order valence-corrected chi connectivity index (χ2v) is 5.41. The maximum Gasteiger partial charge on any atom is 0.265 e. The molecule has 0 unspecified atom stereocenters. The lowest BCUT2D eigenvalue weighted by Crippen LogP contribution is -2.30. The lowest BCUT2D eigenvalue weighted by atomic mass is 10.3. The number of amides is 1. The van der Waals surface area contributed by atoms with Crippen molar-refractivity contribution in [2.24, 2.45) is 0 Å². The zero-order valence-corrected chi connectivity index (χ0v) is 13.6. The molecule has 1 amide bonds. The molecule has 24 heavy (non-hydrogen) atoms. The zero-order chi connectivity index (χ0) is 16.9. The first-order valence-corrected chi connectivity index (χ1v) is 7.70. The van der Waals surface area contributed by atoms with Gasteiger partial charge in [0.25, 0.3) is 5.91 Å². The second kappa shape index (κ2) is 7.14. The minimum Gasteiger partial charge on any atom is -0.479 e. The molecule has 3 aromatic rings. The van der Waals surface area contributed by atoms with Crippen LogP contribution in [-0.4, -0.2) is 26.8 Å². The van der Waals surface area contributed by atoms with Gasteiger partial charge in [0, 0.05) is 18.6 Å². The van der Waals surface area contributed by atoms with E-state index in [0.29, 0.717) is 22.3 Å². The van der Waals surface area contributed by atoms with Gasteiger partial charge in [-0.2, -0.15) is 5.10 Å². The molecule has 0 radical (unpaired) electrons. The predicted molar refractivity (Wildman–Crippen MR) is 91.5 cm³/mol. The lowest BCUT2D eigenvalue weighted by molar-refractivity contribution is -0.122. The van der Waals surface area contributed by atoms with Crippen molar-refractivity contribution in [3.8, 4) is 11.6 Å². The average Bonchev–Trinajstić information content (AvgIpc) is 3.11. The van der Waals surface area contributed by atoms with Gasteiger partial charge in [0.05, 0.1) is 10.7 Å². The number of rotatable bonds is 5. The molecule has 0 fully saturated rings. The van der Waals surface area contributed by atoms with Crippen molar-refractivity contribution in [1.29, 1.82) is 0 Å². The van der Waals surface area contributed by atoms with Crippen molar-refractivity contribution in [1.82, 2.24) is 14.8 Å². The highest BCUT2D eigenvalue weighted by atomic mass is 35.5. The first kappa shape index (κ1) is 16.0. The summed E-state index contributed by atoms with van der Waals surface area (Å²) >= 11 is 6.05. The summed E-state index contributed by atoms with van der Waals surface area (Å²) in [6.07, 6.45) is 4.30. The van der Waals surface area contributed by atoms with Gasteiger partial charge in [0.1, 0.15) is 5.75 Å². The number of nitrogens with zero attached hydrogens (tertiary/aromatic N) is 3. The third-order valence-electron chi connectivity index (χ3n) is 3.28. The molecule has 7 heteroatoms. The number of aromatic nitrogens is 3. The Bertz CT molecular complexity index is 836. The monoisotopic (exact) mass is 342 g/mol. The largest absolute Gasteiger partial charge is 0.479 e. The zero-order valence-electron chi connectivity index (χ0n) is 12.9. The number of ether oxygens (including phenoxy) is 1. The molecule has 1 atom stereocenters. The summed E-state index contributed by atoms with van der Waals surface area (Å²) in [6.45, 7) is 1.66. The number of halogens is 1. The molecule has 0 aliphatic carbocycles. The van der Waals surface area contributed by atoms with Crippen molar-refractivity contribution in [3.05, 3.63) is 66.1 Å². The van der Waals surface area contributed by atoms with Crippen molar-refractivity contribution < 1.29 is 9.53 Å². The van der Waals surface area contributed by atoms with Gasteiger partial charge in [-0.05, 0) is 37.3 Å². The van der Waals surface area contributed by atoms with Crippen LogP contribution < -0.4 is 10.1 Å². The van der Waals surface area contributed by atoms with Gasteiger partial charge in [-0.15, -0.1) is 0 Å². The fourth-order valence-electron chi connectivity index (χ4n) is 2.09. The third-order valence-corrected chi connectivity index (χ3v) is 3.59. The SMILES string of the molecule is C[C@H](Oc1ccccc1Cl)C(=O)Nc1cccnc1-n1cccn1. The number of carbonyl (C=O) groups is 1. The van der Waals surface area contributed by atoms with Crippen LogP contribution in [0.3, 0.4) is 0 Å². The van der Waals surface area contributed by atoms with Gasteiger partial charge in [-0.3, -0.25) is 4.79 Å². The van der Waals surface area contributed by atoms with Crippen molar-refractivity contribution in [2.75, 3.05) is 5.32 Å². The van der Waals surface area contributed by atoms with Crippen molar-refractivity contribution in [2.45, 2.75) is 13.0 Å². The second-order valence-electron chi connectivity index (χ2n) is 5.00. The lowest BCUT2D eigenvalue weighted by Gasteiger charge is -2.16. The molecule has 0 saturated heterocycles. The molecule has 2 aromatic heterocycles. The first-order chi connectivity index (χ1) is 11.6. The Kier molecular flexibility index (Phi) is 4.77. The molecule has 1 N–H and O–H groups in total. The molecular weight excluding hydrogens is 328 g/mol. The summed E-state index contributed by atoms with van der Waals surface area (Å²) < 4.78 is 7.20. The number of anilines is 1. The molecule has 0 aliphatic heterocycles. The van der Waals surface area contributed by atoms with Gasteiger partial charge in [0.2, 0.25) is 0 Å². The number of para-hydroxylation sites is 1. The van der Waals surface area contributed by atoms with Crippen LogP contribution in [-0.2, 0) is 4.79 Å². The van der Waals surface area contributed by atoms with E-state index in [0.717, 1.165) is 0 Å². The molecule has 2 heterocycles. The van der Waals surface area contributed by atoms with Crippen LogP contribution in [0.15, 0.2) is 61.1 Å². The number of hydrogen-bond donors (Lipinski definition) is 1. The Morgan fingerprint density at radius 3 is 2.79 bits per heavy atom. The summed E-state index contributed by atoms with van der Waals surface area (Å²) in [6, 6.07) is 12.3. The Morgan fingerprint density at radius 1 is 1.21 bits per heavy atom. The Labute approximate surface area is 144 Å². The van der Waals surface area contributed by atoms with Gasteiger partial charge in [-0.25, -0.2) is 9.67 Å². The minimum absolute atomic E-state index is 0.309. The molecular formula is C17H15ClN4O2. The predicted octanol–water partition coefficient (Wildman–Crippen LogP) is 3.33. The Morgan fingerprint density at radius 2 is 2.04 bits per heavy atom. The van der Waals surface area contributed by atoms with Gasteiger partial charge < -0.3 is 10.1 Å². The molecule has 6 nitrogen and oxygen atoms in total. The molecule has 0 aliphatic rings. The fraction of sp³-hybridized carbons (Fsp3) is 0.118. The summed E-state index contributed by atoms with van der Waals surface area (Å²) in [5.74, 6) is 0.678. The fourth-order valence-corrected chi connectivity index (χ4v) is 2.27. The van der Waals surface area contributed by atoms with Crippen LogP contribution in [0.25, 0.3) is 5.82 Å². The Balaban J connectivity index is 1.75. The molecule has 0 spiro atoms. The average molecular weight is 343 g/mol.